The molecule has 1 unspecified atom stereocenters. The van der Waals surface area contributed by atoms with Crippen LogP contribution >= 0.6 is 0 Å². The first-order valence-electron chi connectivity index (χ1n) is 10.8. The van der Waals surface area contributed by atoms with Gasteiger partial charge in [-0.05, 0) is 63.8 Å². The fourth-order valence-corrected chi connectivity index (χ4v) is 3.90. The second kappa shape index (κ2) is 9.04. The Hall–Kier alpha value is -3.33. The van der Waals surface area contributed by atoms with Crippen molar-refractivity contribution in [2.75, 3.05) is 25.0 Å². The molecule has 3 aromatic rings. The third kappa shape index (κ3) is 4.62. The number of nitrogens with zero attached hydrogens (tertiary/aromatic N) is 5. The van der Waals surface area contributed by atoms with Crippen molar-refractivity contribution in [3.8, 4) is 0 Å². The Morgan fingerprint density at radius 2 is 2.03 bits per heavy atom. The molecule has 168 valence electrons. The fraction of sp³-hybridized carbons (Fsp3) is 0.435. The lowest BCUT2D eigenvalue weighted by Crippen LogP contribution is -2.42. The average Bonchev–Trinajstić information content (AvgIpc) is 3.40. The van der Waals surface area contributed by atoms with E-state index >= 15 is 0 Å². The molecule has 1 aliphatic heterocycles. The van der Waals surface area contributed by atoms with E-state index in [1.807, 2.05) is 52.0 Å². The summed E-state index contributed by atoms with van der Waals surface area (Å²) in [5, 5.41) is 7.27. The topological polar surface area (TPSA) is 102 Å². The van der Waals surface area contributed by atoms with E-state index in [2.05, 4.69) is 20.4 Å². The summed E-state index contributed by atoms with van der Waals surface area (Å²) in [5.74, 6) is -0.315. The minimum absolute atomic E-state index is 0.0173. The standard InChI is InChI=1S/C23H28N6O3/c1-14-7-5-9-19(17(14)4)25-20(30)13-28(12-18-8-6-10-32-18)22(31)21-26-23-24-15(2)11-16(3)29(23)27-21/h5,7,9,11,18H,6,8,10,12-13H2,1-4H3,(H,25,30). The van der Waals surface area contributed by atoms with Gasteiger partial charge in [0.15, 0.2) is 0 Å². The average molecular weight is 437 g/mol. The summed E-state index contributed by atoms with van der Waals surface area (Å²) in [6, 6.07) is 7.61. The Bertz CT molecular complexity index is 1170. The number of aryl methyl sites for hydroxylation is 3. The number of carbonyl (C=O) groups is 2. The molecule has 1 N–H and O–H groups in total. The molecular weight excluding hydrogens is 408 g/mol. The van der Waals surface area contributed by atoms with Crippen LogP contribution in [0.3, 0.4) is 0 Å². The predicted molar refractivity (Wildman–Crippen MR) is 120 cm³/mol. The zero-order valence-electron chi connectivity index (χ0n) is 18.9. The molecule has 3 heterocycles. The second-order valence-electron chi connectivity index (χ2n) is 8.30. The smallest absolute Gasteiger partial charge is 0.294 e. The van der Waals surface area contributed by atoms with Crippen LogP contribution in [0.1, 0.15) is 46.0 Å². The van der Waals surface area contributed by atoms with E-state index < -0.39 is 5.91 Å². The number of amides is 2. The molecule has 2 amide bonds. The number of nitrogens with one attached hydrogen (secondary N) is 1. The maximum atomic E-state index is 13.3. The molecule has 0 spiro atoms. The molecule has 1 fully saturated rings. The maximum Gasteiger partial charge on any atom is 0.294 e. The highest BCUT2D eigenvalue weighted by Crippen LogP contribution is 2.19. The molecule has 32 heavy (non-hydrogen) atoms. The molecule has 9 nitrogen and oxygen atoms in total. The van der Waals surface area contributed by atoms with Gasteiger partial charge in [-0.1, -0.05) is 12.1 Å². The van der Waals surface area contributed by atoms with Crippen molar-refractivity contribution in [2.24, 2.45) is 0 Å². The molecule has 0 radical (unpaired) electrons. The summed E-state index contributed by atoms with van der Waals surface area (Å²) in [5.41, 5.74) is 4.45. The number of carbonyl (C=O) groups excluding carboxylic acids is 2. The van der Waals surface area contributed by atoms with Crippen LogP contribution in [0.15, 0.2) is 24.3 Å². The number of benzene rings is 1. The van der Waals surface area contributed by atoms with Gasteiger partial charge in [-0.2, -0.15) is 4.98 Å². The van der Waals surface area contributed by atoms with Crippen LogP contribution in [0.2, 0.25) is 0 Å². The summed E-state index contributed by atoms with van der Waals surface area (Å²) < 4.78 is 7.26. The highest BCUT2D eigenvalue weighted by molar-refractivity contribution is 5.98. The Morgan fingerprint density at radius 1 is 1.22 bits per heavy atom. The third-order valence-electron chi connectivity index (χ3n) is 5.76. The van der Waals surface area contributed by atoms with Crippen molar-refractivity contribution in [1.29, 1.82) is 0 Å². The zero-order chi connectivity index (χ0) is 22.8. The molecule has 1 aromatic carbocycles. The van der Waals surface area contributed by atoms with Crippen LogP contribution < -0.4 is 5.32 Å². The number of fused-ring (bicyclic) bond motifs is 1. The predicted octanol–water partition coefficient (Wildman–Crippen LogP) is 2.62. The van der Waals surface area contributed by atoms with E-state index in [-0.39, 0.29) is 24.4 Å². The molecule has 1 atom stereocenters. The highest BCUT2D eigenvalue weighted by atomic mass is 16.5. The molecule has 9 heteroatoms. The first-order valence-corrected chi connectivity index (χ1v) is 10.8. The molecule has 0 aliphatic carbocycles. The van der Waals surface area contributed by atoms with Crippen molar-refractivity contribution in [3.05, 3.63) is 52.6 Å². The number of hydrogen-bond acceptors (Lipinski definition) is 6. The van der Waals surface area contributed by atoms with Gasteiger partial charge < -0.3 is 15.0 Å². The SMILES string of the molecule is Cc1cc(C)n2nc(C(=O)N(CC(=O)Nc3cccc(C)c3C)CC3CCCO3)nc2n1. The molecular formula is C23H28N6O3. The first-order chi connectivity index (χ1) is 15.3. The lowest BCUT2D eigenvalue weighted by molar-refractivity contribution is -0.117. The Labute approximate surface area is 186 Å². The van der Waals surface area contributed by atoms with Gasteiger partial charge in [-0.3, -0.25) is 9.59 Å². The van der Waals surface area contributed by atoms with Gasteiger partial charge in [0, 0.05) is 30.2 Å². The number of ether oxygens (including phenoxy) is 1. The van der Waals surface area contributed by atoms with Crippen molar-refractivity contribution >= 4 is 23.3 Å². The first kappa shape index (κ1) is 21.9. The van der Waals surface area contributed by atoms with Crippen molar-refractivity contribution < 1.29 is 14.3 Å². The third-order valence-corrected chi connectivity index (χ3v) is 5.76. The highest BCUT2D eigenvalue weighted by Gasteiger charge is 2.28. The van der Waals surface area contributed by atoms with Gasteiger partial charge in [0.05, 0.1) is 6.10 Å². The Morgan fingerprint density at radius 3 is 2.78 bits per heavy atom. The Kier molecular flexibility index (Phi) is 6.18. The number of hydrogen-bond donors (Lipinski definition) is 1. The fourth-order valence-electron chi connectivity index (χ4n) is 3.90. The van der Waals surface area contributed by atoms with E-state index in [0.29, 0.717) is 18.9 Å². The van der Waals surface area contributed by atoms with Crippen molar-refractivity contribution in [1.82, 2.24) is 24.5 Å². The summed E-state index contributed by atoms with van der Waals surface area (Å²) >= 11 is 0. The summed E-state index contributed by atoms with van der Waals surface area (Å²) in [6.45, 7) is 8.55. The monoisotopic (exact) mass is 436 g/mol. The summed E-state index contributed by atoms with van der Waals surface area (Å²) in [7, 11) is 0. The lowest BCUT2D eigenvalue weighted by atomic mass is 10.1. The van der Waals surface area contributed by atoms with Gasteiger partial charge in [0.25, 0.3) is 11.7 Å². The van der Waals surface area contributed by atoms with Gasteiger partial charge in [-0.25, -0.2) is 9.50 Å². The van der Waals surface area contributed by atoms with E-state index in [9.17, 15) is 9.59 Å². The molecule has 0 saturated carbocycles. The van der Waals surface area contributed by atoms with Crippen LogP contribution in [-0.2, 0) is 9.53 Å². The molecule has 2 aromatic heterocycles. The largest absolute Gasteiger partial charge is 0.376 e. The van der Waals surface area contributed by atoms with Crippen LogP contribution in [-0.4, -0.2) is 62.1 Å². The van der Waals surface area contributed by atoms with E-state index in [1.54, 1.807) is 4.52 Å². The Balaban J connectivity index is 1.57. The normalized spacial score (nSPS) is 15.8. The van der Waals surface area contributed by atoms with E-state index in [4.69, 9.17) is 4.74 Å². The number of aromatic nitrogens is 4. The molecule has 4 rings (SSSR count). The van der Waals surface area contributed by atoms with Crippen molar-refractivity contribution in [3.63, 3.8) is 0 Å². The van der Waals surface area contributed by atoms with E-state index in [1.165, 1.54) is 4.90 Å². The minimum Gasteiger partial charge on any atom is -0.376 e. The number of anilines is 1. The zero-order valence-corrected chi connectivity index (χ0v) is 18.9. The molecule has 1 aliphatic rings. The van der Waals surface area contributed by atoms with Crippen LogP contribution in [0.5, 0.6) is 0 Å². The van der Waals surface area contributed by atoms with E-state index in [0.717, 1.165) is 41.0 Å². The number of rotatable bonds is 6. The summed E-state index contributed by atoms with van der Waals surface area (Å²) in [6.07, 6.45) is 1.68. The molecule has 0 bridgehead atoms. The van der Waals surface area contributed by atoms with Crippen LogP contribution in [0, 0.1) is 27.7 Å². The van der Waals surface area contributed by atoms with Gasteiger partial charge in [0.2, 0.25) is 11.7 Å². The minimum atomic E-state index is -0.417. The lowest BCUT2D eigenvalue weighted by Gasteiger charge is -2.24. The van der Waals surface area contributed by atoms with Gasteiger partial charge in [0.1, 0.15) is 6.54 Å². The quantitative estimate of drug-likeness (QED) is 0.637. The van der Waals surface area contributed by atoms with Crippen molar-refractivity contribution in [2.45, 2.75) is 46.6 Å². The van der Waals surface area contributed by atoms with Gasteiger partial charge >= 0.3 is 0 Å². The summed E-state index contributed by atoms with van der Waals surface area (Å²) in [4.78, 5) is 36.3. The maximum absolute atomic E-state index is 13.3. The second-order valence-corrected chi connectivity index (χ2v) is 8.30. The van der Waals surface area contributed by atoms with Crippen LogP contribution in [0.4, 0.5) is 5.69 Å². The van der Waals surface area contributed by atoms with Crippen LogP contribution in [0.25, 0.3) is 5.78 Å². The molecule has 1 saturated heterocycles. The van der Waals surface area contributed by atoms with Gasteiger partial charge in [-0.15, -0.1) is 5.10 Å².